The maximum atomic E-state index is 12.3. The van der Waals surface area contributed by atoms with E-state index in [0.29, 0.717) is 23.5 Å². The average molecular weight is 415 g/mol. The van der Waals surface area contributed by atoms with Crippen LogP contribution in [0.15, 0.2) is 24.4 Å². The van der Waals surface area contributed by atoms with Crippen molar-refractivity contribution in [2.45, 2.75) is 57.4 Å². The molecule has 0 saturated heterocycles. The Bertz CT molecular complexity index is 851. The molecule has 0 aromatic carbocycles. The monoisotopic (exact) mass is 415 g/mol. The number of anilines is 1. The second-order valence-electron chi connectivity index (χ2n) is 7.95. The van der Waals surface area contributed by atoms with Gasteiger partial charge in [0.15, 0.2) is 5.82 Å². The zero-order valence-electron chi connectivity index (χ0n) is 17.4. The number of H-pyrrole nitrogens is 1. The van der Waals surface area contributed by atoms with E-state index < -0.39 is 6.09 Å². The third-order valence-electron chi connectivity index (χ3n) is 5.60. The Labute approximate surface area is 175 Å². The minimum atomic E-state index is -0.970. The number of carboxylic acid groups (broad SMARTS) is 1. The smallest absolute Gasteiger partial charge is 0.404 e. The molecule has 0 aliphatic heterocycles. The molecule has 1 aliphatic carbocycles. The van der Waals surface area contributed by atoms with E-state index >= 15 is 0 Å². The molecule has 2 aromatic rings. The van der Waals surface area contributed by atoms with Crippen LogP contribution in [-0.2, 0) is 11.2 Å². The highest BCUT2D eigenvalue weighted by atomic mass is 16.5. The minimum Gasteiger partial charge on any atom is -0.481 e. The van der Waals surface area contributed by atoms with E-state index in [9.17, 15) is 9.59 Å². The number of ether oxygens (including phenoxy) is 1. The molecule has 2 heterocycles. The standard InChI is InChI=1S/C21H29N5O4/c1-13(23-21(28)29)3-4-14-5-7-16(9-14)17-11-18(26-25-17)24-19(27)10-15-6-8-20(30-2)22-12-15/h6,8,11-14,16,23H,3-5,7,9-10H2,1-2H3,(H,28,29)(H2,24,25,26,27)/t13-,14?,16?/m0/s1. The summed E-state index contributed by atoms with van der Waals surface area (Å²) in [7, 11) is 1.55. The third-order valence-corrected chi connectivity index (χ3v) is 5.60. The van der Waals surface area contributed by atoms with Crippen molar-refractivity contribution in [2.75, 3.05) is 12.4 Å². The van der Waals surface area contributed by atoms with Crippen molar-refractivity contribution in [3.63, 3.8) is 0 Å². The molecule has 30 heavy (non-hydrogen) atoms. The van der Waals surface area contributed by atoms with Crippen LogP contribution in [-0.4, -0.2) is 45.4 Å². The van der Waals surface area contributed by atoms with Crippen molar-refractivity contribution in [2.24, 2.45) is 5.92 Å². The Morgan fingerprint density at radius 2 is 2.20 bits per heavy atom. The Morgan fingerprint density at radius 3 is 2.90 bits per heavy atom. The summed E-state index contributed by atoms with van der Waals surface area (Å²) in [6, 6.07) is 5.42. The molecule has 2 aromatic heterocycles. The fourth-order valence-corrected chi connectivity index (χ4v) is 4.01. The van der Waals surface area contributed by atoms with Gasteiger partial charge < -0.3 is 20.5 Å². The summed E-state index contributed by atoms with van der Waals surface area (Å²) >= 11 is 0. The van der Waals surface area contributed by atoms with Gasteiger partial charge in [-0.15, -0.1) is 0 Å². The lowest BCUT2D eigenvalue weighted by Gasteiger charge is -2.14. The molecule has 1 aliphatic rings. The number of nitrogens with one attached hydrogen (secondary N) is 3. The van der Waals surface area contributed by atoms with Gasteiger partial charge in [-0.3, -0.25) is 9.89 Å². The summed E-state index contributed by atoms with van der Waals surface area (Å²) < 4.78 is 5.02. The summed E-state index contributed by atoms with van der Waals surface area (Å²) in [6.07, 6.45) is 5.95. The molecule has 0 radical (unpaired) electrons. The normalized spacial score (nSPS) is 19.3. The molecule has 1 saturated carbocycles. The quantitative estimate of drug-likeness (QED) is 0.497. The van der Waals surface area contributed by atoms with Crippen molar-refractivity contribution in [1.82, 2.24) is 20.5 Å². The second kappa shape index (κ2) is 10.1. The highest BCUT2D eigenvalue weighted by Crippen LogP contribution is 2.40. The summed E-state index contributed by atoms with van der Waals surface area (Å²) in [5.74, 6) is 1.86. The van der Waals surface area contributed by atoms with Gasteiger partial charge in [-0.25, -0.2) is 9.78 Å². The van der Waals surface area contributed by atoms with Crippen molar-refractivity contribution in [3.05, 3.63) is 35.7 Å². The van der Waals surface area contributed by atoms with Gasteiger partial charge in [0, 0.05) is 36.0 Å². The SMILES string of the molecule is COc1ccc(CC(=O)Nc2cc(C3CCC(CC[C@H](C)NC(=O)O)C3)[nH]n2)cn1. The largest absolute Gasteiger partial charge is 0.481 e. The summed E-state index contributed by atoms with van der Waals surface area (Å²) in [5, 5.41) is 21.4. The van der Waals surface area contributed by atoms with Crippen molar-refractivity contribution in [1.29, 1.82) is 0 Å². The van der Waals surface area contributed by atoms with Gasteiger partial charge in [-0.05, 0) is 50.5 Å². The van der Waals surface area contributed by atoms with E-state index in [1.165, 1.54) is 0 Å². The fraction of sp³-hybridized carbons (Fsp3) is 0.524. The van der Waals surface area contributed by atoms with Crippen LogP contribution in [0.4, 0.5) is 10.6 Å². The van der Waals surface area contributed by atoms with Crippen LogP contribution in [0.25, 0.3) is 0 Å². The molecule has 9 heteroatoms. The predicted molar refractivity (Wildman–Crippen MR) is 112 cm³/mol. The maximum absolute atomic E-state index is 12.3. The molecule has 9 nitrogen and oxygen atoms in total. The number of aromatic amines is 1. The van der Waals surface area contributed by atoms with Crippen LogP contribution in [0.5, 0.6) is 5.88 Å². The first-order valence-electron chi connectivity index (χ1n) is 10.3. The lowest BCUT2D eigenvalue weighted by molar-refractivity contribution is -0.115. The predicted octanol–water partition coefficient (Wildman–Crippen LogP) is 3.31. The van der Waals surface area contributed by atoms with Crippen molar-refractivity contribution >= 4 is 17.8 Å². The minimum absolute atomic E-state index is 0.0311. The summed E-state index contributed by atoms with van der Waals surface area (Å²) in [4.78, 5) is 27.1. The molecule has 4 N–H and O–H groups in total. The number of methoxy groups -OCH3 is 1. The molecule has 0 spiro atoms. The van der Waals surface area contributed by atoms with E-state index in [-0.39, 0.29) is 18.4 Å². The molecule has 2 amide bonds. The number of hydrogen-bond donors (Lipinski definition) is 4. The van der Waals surface area contributed by atoms with E-state index in [1.807, 2.05) is 19.1 Å². The number of rotatable bonds is 9. The fourth-order valence-electron chi connectivity index (χ4n) is 4.01. The average Bonchev–Trinajstić information content (AvgIpc) is 3.36. The van der Waals surface area contributed by atoms with Crippen molar-refractivity contribution < 1.29 is 19.4 Å². The van der Waals surface area contributed by atoms with Crippen molar-refractivity contribution in [3.8, 4) is 5.88 Å². The van der Waals surface area contributed by atoms with Crippen LogP contribution in [0, 0.1) is 5.92 Å². The third kappa shape index (κ3) is 6.20. The first-order valence-corrected chi connectivity index (χ1v) is 10.3. The van der Waals surface area contributed by atoms with Gasteiger partial charge in [0.05, 0.1) is 13.5 Å². The highest BCUT2D eigenvalue weighted by molar-refractivity contribution is 5.91. The molecule has 162 valence electrons. The number of aromatic nitrogens is 3. The number of amides is 2. The Hall–Kier alpha value is -3.10. The van der Waals surface area contributed by atoms with Gasteiger partial charge >= 0.3 is 6.09 Å². The van der Waals surface area contributed by atoms with E-state index in [4.69, 9.17) is 9.84 Å². The molecular formula is C21H29N5O4. The van der Waals surface area contributed by atoms with E-state index in [2.05, 4.69) is 25.8 Å². The molecule has 0 bridgehead atoms. The summed E-state index contributed by atoms with van der Waals surface area (Å²) in [6.45, 7) is 1.90. The molecule has 2 unspecified atom stereocenters. The van der Waals surface area contributed by atoms with Crippen LogP contribution < -0.4 is 15.4 Å². The topological polar surface area (TPSA) is 129 Å². The van der Waals surface area contributed by atoms with Crippen LogP contribution >= 0.6 is 0 Å². The number of pyridine rings is 1. The second-order valence-corrected chi connectivity index (χ2v) is 7.95. The van der Waals surface area contributed by atoms with Gasteiger partial charge in [-0.1, -0.05) is 6.07 Å². The van der Waals surface area contributed by atoms with Gasteiger partial charge in [-0.2, -0.15) is 5.10 Å². The zero-order valence-corrected chi connectivity index (χ0v) is 17.4. The van der Waals surface area contributed by atoms with Crippen LogP contribution in [0.3, 0.4) is 0 Å². The van der Waals surface area contributed by atoms with Gasteiger partial charge in [0.1, 0.15) is 0 Å². The van der Waals surface area contributed by atoms with Crippen LogP contribution in [0.1, 0.15) is 56.2 Å². The summed E-state index contributed by atoms with van der Waals surface area (Å²) in [5.41, 5.74) is 1.84. The number of hydrogen-bond acceptors (Lipinski definition) is 5. The lowest BCUT2D eigenvalue weighted by atomic mass is 9.96. The molecule has 3 atom stereocenters. The van der Waals surface area contributed by atoms with E-state index in [0.717, 1.165) is 43.4 Å². The first-order chi connectivity index (χ1) is 14.4. The van der Waals surface area contributed by atoms with E-state index in [1.54, 1.807) is 19.4 Å². The Balaban J connectivity index is 1.45. The number of carbonyl (C=O) groups is 2. The molecule has 1 fully saturated rings. The highest BCUT2D eigenvalue weighted by Gasteiger charge is 2.27. The Morgan fingerprint density at radius 1 is 1.37 bits per heavy atom. The number of carbonyl (C=O) groups excluding carboxylic acids is 1. The Kier molecular flexibility index (Phi) is 7.26. The van der Waals surface area contributed by atoms with Gasteiger partial charge in [0.2, 0.25) is 11.8 Å². The van der Waals surface area contributed by atoms with Crippen LogP contribution in [0.2, 0.25) is 0 Å². The maximum Gasteiger partial charge on any atom is 0.404 e. The molecule has 3 rings (SSSR count). The zero-order chi connectivity index (χ0) is 21.5. The number of nitrogens with zero attached hydrogens (tertiary/aromatic N) is 2. The lowest BCUT2D eigenvalue weighted by Crippen LogP contribution is -2.31. The first kappa shape index (κ1) is 21.6. The van der Waals surface area contributed by atoms with Gasteiger partial charge in [0.25, 0.3) is 0 Å². The molecular weight excluding hydrogens is 386 g/mol.